The first-order valence-electron chi connectivity index (χ1n) is 7.67. The van der Waals surface area contributed by atoms with Crippen LogP contribution in [-0.4, -0.2) is 18.5 Å². The van der Waals surface area contributed by atoms with Crippen molar-refractivity contribution in [3.8, 4) is 0 Å². The van der Waals surface area contributed by atoms with E-state index in [4.69, 9.17) is 4.74 Å². The van der Waals surface area contributed by atoms with Crippen molar-refractivity contribution < 1.29 is 9.53 Å². The van der Waals surface area contributed by atoms with Crippen molar-refractivity contribution in [1.82, 2.24) is 0 Å². The van der Waals surface area contributed by atoms with Crippen molar-refractivity contribution in [3.05, 3.63) is 0 Å². The Morgan fingerprint density at radius 3 is 2.44 bits per heavy atom. The van der Waals surface area contributed by atoms with E-state index in [1.54, 1.807) is 7.11 Å². The molecule has 0 aliphatic heterocycles. The van der Waals surface area contributed by atoms with Gasteiger partial charge in [-0.2, -0.15) is 0 Å². The Balaban J connectivity index is 2.08. The van der Waals surface area contributed by atoms with Crippen molar-refractivity contribution in [3.63, 3.8) is 0 Å². The summed E-state index contributed by atoms with van der Waals surface area (Å²) in [6, 6.07) is 0. The van der Waals surface area contributed by atoms with Crippen LogP contribution in [0.25, 0.3) is 0 Å². The molecular formula is C16H28O2. The van der Waals surface area contributed by atoms with Crippen LogP contribution in [0.1, 0.15) is 65.2 Å². The van der Waals surface area contributed by atoms with E-state index in [0.717, 1.165) is 32.1 Å². The average Bonchev–Trinajstić information content (AvgIpc) is 2.37. The van der Waals surface area contributed by atoms with Gasteiger partial charge in [-0.1, -0.05) is 33.1 Å². The molecule has 2 nitrogen and oxygen atoms in total. The van der Waals surface area contributed by atoms with Gasteiger partial charge in [-0.3, -0.25) is 4.79 Å². The number of hydrogen-bond acceptors (Lipinski definition) is 2. The molecule has 0 N–H and O–H groups in total. The minimum absolute atomic E-state index is 0.263. The molecule has 0 bridgehead atoms. The molecule has 0 amide bonds. The minimum atomic E-state index is -0.445. The van der Waals surface area contributed by atoms with E-state index in [9.17, 15) is 4.79 Å². The van der Waals surface area contributed by atoms with Crippen LogP contribution < -0.4 is 0 Å². The fraction of sp³-hybridized carbons (Fsp3) is 0.938. The molecule has 4 unspecified atom stereocenters. The largest absolute Gasteiger partial charge is 0.370 e. The van der Waals surface area contributed by atoms with Gasteiger partial charge in [0.15, 0.2) is 5.78 Å². The highest BCUT2D eigenvalue weighted by Crippen LogP contribution is 2.40. The first-order chi connectivity index (χ1) is 8.57. The highest BCUT2D eigenvalue weighted by molar-refractivity contribution is 5.89. The summed E-state index contributed by atoms with van der Waals surface area (Å²) in [5.41, 5.74) is -0.445. The number of methoxy groups -OCH3 is 1. The van der Waals surface area contributed by atoms with E-state index >= 15 is 0 Å². The van der Waals surface area contributed by atoms with Gasteiger partial charge in [-0.05, 0) is 43.9 Å². The molecule has 0 aromatic rings. The Kier molecular flexibility index (Phi) is 4.47. The lowest BCUT2D eigenvalue weighted by Crippen LogP contribution is -2.48. The molecular weight excluding hydrogens is 224 g/mol. The Bertz CT molecular complexity index is 299. The van der Waals surface area contributed by atoms with Crippen molar-refractivity contribution >= 4 is 5.78 Å². The molecule has 2 rings (SSSR count). The monoisotopic (exact) mass is 252 g/mol. The molecule has 18 heavy (non-hydrogen) atoms. The van der Waals surface area contributed by atoms with E-state index in [1.165, 1.54) is 19.3 Å². The molecule has 0 radical (unpaired) electrons. The van der Waals surface area contributed by atoms with E-state index in [2.05, 4.69) is 13.8 Å². The summed E-state index contributed by atoms with van der Waals surface area (Å²) in [6.45, 7) is 4.53. The van der Waals surface area contributed by atoms with Crippen molar-refractivity contribution in [2.24, 2.45) is 17.8 Å². The third-order valence-electron chi connectivity index (χ3n) is 5.10. The molecule has 2 fully saturated rings. The number of ketones is 1. The van der Waals surface area contributed by atoms with Gasteiger partial charge in [0, 0.05) is 13.0 Å². The zero-order valence-corrected chi connectivity index (χ0v) is 12.2. The summed E-state index contributed by atoms with van der Waals surface area (Å²) in [6.07, 6.45) is 8.95. The molecule has 0 spiro atoms. The maximum absolute atomic E-state index is 12.9. The molecule has 2 aliphatic carbocycles. The Morgan fingerprint density at radius 1 is 1.11 bits per heavy atom. The second kappa shape index (κ2) is 5.73. The van der Waals surface area contributed by atoms with Crippen LogP contribution in [0.2, 0.25) is 0 Å². The van der Waals surface area contributed by atoms with Gasteiger partial charge in [0.25, 0.3) is 0 Å². The molecule has 2 saturated carbocycles. The summed E-state index contributed by atoms with van der Waals surface area (Å²) in [7, 11) is 1.74. The van der Waals surface area contributed by atoms with E-state index < -0.39 is 5.60 Å². The molecule has 2 aliphatic rings. The molecule has 0 aromatic carbocycles. The summed E-state index contributed by atoms with van der Waals surface area (Å²) in [5, 5.41) is 0. The van der Waals surface area contributed by atoms with Gasteiger partial charge in [-0.25, -0.2) is 0 Å². The zero-order chi connectivity index (χ0) is 13.2. The minimum Gasteiger partial charge on any atom is -0.370 e. The topological polar surface area (TPSA) is 26.3 Å². The van der Waals surface area contributed by atoms with Crippen molar-refractivity contribution in [2.75, 3.05) is 7.11 Å². The lowest BCUT2D eigenvalue weighted by Gasteiger charge is -2.41. The molecule has 104 valence electrons. The van der Waals surface area contributed by atoms with E-state index in [0.29, 0.717) is 17.6 Å². The standard InChI is InChI=1S/C16H28O2/c1-12-6-4-8-14(10-12)15(17)16(18-3)9-5-7-13(2)11-16/h12-14H,4-11H2,1-3H3. The number of carbonyl (C=O) groups is 1. The molecule has 0 saturated heterocycles. The molecule has 2 heteroatoms. The van der Waals surface area contributed by atoms with Gasteiger partial charge < -0.3 is 4.74 Å². The predicted octanol–water partition coefficient (Wildman–Crippen LogP) is 3.98. The zero-order valence-electron chi connectivity index (χ0n) is 12.2. The van der Waals surface area contributed by atoms with Gasteiger partial charge >= 0.3 is 0 Å². The van der Waals surface area contributed by atoms with Gasteiger partial charge in [0.1, 0.15) is 5.60 Å². The van der Waals surface area contributed by atoms with Crippen molar-refractivity contribution in [2.45, 2.75) is 70.8 Å². The van der Waals surface area contributed by atoms with Crippen LogP contribution >= 0.6 is 0 Å². The maximum Gasteiger partial charge on any atom is 0.167 e. The first kappa shape index (κ1) is 14.0. The number of carbonyl (C=O) groups excluding carboxylic acids is 1. The van der Waals surface area contributed by atoms with Crippen LogP contribution in [0.3, 0.4) is 0 Å². The van der Waals surface area contributed by atoms with Crippen LogP contribution in [0.15, 0.2) is 0 Å². The lowest BCUT2D eigenvalue weighted by molar-refractivity contribution is -0.153. The fourth-order valence-corrected chi connectivity index (χ4v) is 4.06. The Morgan fingerprint density at radius 2 is 1.83 bits per heavy atom. The second-order valence-electron chi connectivity index (χ2n) is 6.73. The first-order valence-corrected chi connectivity index (χ1v) is 7.67. The smallest absolute Gasteiger partial charge is 0.167 e. The Hall–Kier alpha value is -0.370. The summed E-state index contributed by atoms with van der Waals surface area (Å²) >= 11 is 0. The summed E-state index contributed by atoms with van der Waals surface area (Å²) < 4.78 is 5.75. The van der Waals surface area contributed by atoms with Crippen LogP contribution in [-0.2, 0) is 9.53 Å². The van der Waals surface area contributed by atoms with E-state index in [-0.39, 0.29) is 5.92 Å². The SMILES string of the molecule is COC1(C(=O)C2CCCC(C)C2)CCCC(C)C1. The third kappa shape index (κ3) is 2.79. The van der Waals surface area contributed by atoms with Gasteiger partial charge in [0.05, 0.1) is 0 Å². The normalized spacial score (nSPS) is 41.6. The number of Topliss-reactive ketones (excluding diaryl/α,β-unsaturated/α-hetero) is 1. The van der Waals surface area contributed by atoms with Crippen molar-refractivity contribution in [1.29, 1.82) is 0 Å². The summed E-state index contributed by atoms with van der Waals surface area (Å²) in [5.74, 6) is 2.02. The number of rotatable bonds is 3. The van der Waals surface area contributed by atoms with Gasteiger partial charge in [0.2, 0.25) is 0 Å². The highest BCUT2D eigenvalue weighted by Gasteiger charge is 2.45. The quantitative estimate of drug-likeness (QED) is 0.759. The Labute approximate surface area is 111 Å². The lowest BCUT2D eigenvalue weighted by atomic mass is 9.69. The predicted molar refractivity (Wildman–Crippen MR) is 73.5 cm³/mol. The number of hydrogen-bond donors (Lipinski definition) is 0. The highest BCUT2D eigenvalue weighted by atomic mass is 16.5. The van der Waals surface area contributed by atoms with Gasteiger partial charge in [-0.15, -0.1) is 0 Å². The molecule has 0 heterocycles. The fourth-order valence-electron chi connectivity index (χ4n) is 4.06. The van der Waals surface area contributed by atoms with Crippen LogP contribution in [0.4, 0.5) is 0 Å². The van der Waals surface area contributed by atoms with E-state index in [1.807, 2.05) is 0 Å². The molecule has 0 aromatic heterocycles. The van der Waals surface area contributed by atoms with Crippen LogP contribution in [0, 0.1) is 17.8 Å². The second-order valence-corrected chi connectivity index (χ2v) is 6.73. The summed E-state index contributed by atoms with van der Waals surface area (Å²) in [4.78, 5) is 12.9. The third-order valence-corrected chi connectivity index (χ3v) is 5.10. The maximum atomic E-state index is 12.9. The number of ether oxygens (including phenoxy) is 1. The molecule has 4 atom stereocenters. The average molecular weight is 252 g/mol. The van der Waals surface area contributed by atoms with Crippen LogP contribution in [0.5, 0.6) is 0 Å².